The van der Waals surface area contributed by atoms with Crippen LogP contribution in [0.5, 0.6) is 0 Å². The minimum absolute atomic E-state index is 0.00682. The Morgan fingerprint density at radius 3 is 2.47 bits per heavy atom. The van der Waals surface area contributed by atoms with Crippen LogP contribution in [-0.4, -0.2) is 30.1 Å². The first-order valence-electron chi connectivity index (χ1n) is 10.2. The zero-order valence-electron chi connectivity index (χ0n) is 18.5. The summed E-state index contributed by atoms with van der Waals surface area (Å²) in [6.07, 6.45) is 0. The van der Waals surface area contributed by atoms with Crippen LogP contribution in [0.15, 0.2) is 53.4 Å². The van der Waals surface area contributed by atoms with Gasteiger partial charge in [-0.1, -0.05) is 35.9 Å². The van der Waals surface area contributed by atoms with E-state index in [1.54, 1.807) is 13.8 Å². The van der Waals surface area contributed by atoms with Gasteiger partial charge in [0.25, 0.3) is 5.91 Å². The summed E-state index contributed by atoms with van der Waals surface area (Å²) in [5.74, 6) is -0.444. The lowest BCUT2D eigenvalue weighted by molar-refractivity contribution is 0.0951. The van der Waals surface area contributed by atoms with E-state index in [0.29, 0.717) is 6.54 Å². The Hall–Kier alpha value is -2.68. The van der Waals surface area contributed by atoms with Crippen LogP contribution in [0.25, 0.3) is 0 Å². The number of halogens is 1. The fourth-order valence-electron chi connectivity index (χ4n) is 3.35. The molecule has 0 fully saturated rings. The standard InChI is InChI=1S/C23H27ClN4O3S/c1-15(2)27-32(30,31)20-8-9-22(24)21(12-20)23(29)25-13-18-6-5-7-19(11-18)14-28-17(4)10-16(3)26-28/h5-12,15,27H,13-14H2,1-4H3,(H,25,29). The summed E-state index contributed by atoms with van der Waals surface area (Å²) in [5.41, 5.74) is 4.14. The summed E-state index contributed by atoms with van der Waals surface area (Å²) in [4.78, 5) is 12.7. The van der Waals surface area contributed by atoms with Crippen molar-refractivity contribution in [2.45, 2.75) is 51.7 Å². The van der Waals surface area contributed by atoms with Crippen LogP contribution < -0.4 is 10.0 Å². The van der Waals surface area contributed by atoms with Crippen molar-refractivity contribution >= 4 is 27.5 Å². The summed E-state index contributed by atoms with van der Waals surface area (Å²) in [7, 11) is -3.73. The number of benzene rings is 2. The zero-order chi connectivity index (χ0) is 23.5. The van der Waals surface area contributed by atoms with Gasteiger partial charge >= 0.3 is 0 Å². The van der Waals surface area contributed by atoms with Crippen LogP contribution in [0.2, 0.25) is 5.02 Å². The molecule has 0 saturated carbocycles. The monoisotopic (exact) mass is 474 g/mol. The smallest absolute Gasteiger partial charge is 0.253 e. The van der Waals surface area contributed by atoms with E-state index in [2.05, 4.69) is 15.1 Å². The minimum Gasteiger partial charge on any atom is -0.348 e. The highest BCUT2D eigenvalue weighted by molar-refractivity contribution is 7.89. The molecular weight excluding hydrogens is 448 g/mol. The summed E-state index contributed by atoms with van der Waals surface area (Å²) in [5, 5.41) is 7.49. The maximum Gasteiger partial charge on any atom is 0.253 e. The highest BCUT2D eigenvalue weighted by Gasteiger charge is 2.19. The van der Waals surface area contributed by atoms with Gasteiger partial charge in [-0.05, 0) is 63.1 Å². The number of hydrogen-bond acceptors (Lipinski definition) is 4. The highest BCUT2D eigenvalue weighted by Crippen LogP contribution is 2.21. The quantitative estimate of drug-likeness (QED) is 0.519. The van der Waals surface area contributed by atoms with Crippen molar-refractivity contribution in [1.29, 1.82) is 0 Å². The van der Waals surface area contributed by atoms with E-state index in [-0.39, 0.29) is 28.1 Å². The molecule has 1 amide bonds. The first kappa shape index (κ1) is 24.0. The van der Waals surface area contributed by atoms with Crippen molar-refractivity contribution in [1.82, 2.24) is 19.8 Å². The summed E-state index contributed by atoms with van der Waals surface area (Å²) >= 11 is 6.18. The number of hydrogen-bond donors (Lipinski definition) is 2. The largest absolute Gasteiger partial charge is 0.348 e. The number of amides is 1. The third-order valence-electron chi connectivity index (χ3n) is 4.76. The fraction of sp³-hybridized carbons (Fsp3) is 0.304. The van der Waals surface area contributed by atoms with E-state index in [4.69, 9.17) is 11.6 Å². The highest BCUT2D eigenvalue weighted by atomic mass is 35.5. The molecule has 1 heterocycles. The number of carbonyl (C=O) groups is 1. The van der Waals surface area contributed by atoms with Gasteiger partial charge in [0.15, 0.2) is 0 Å². The molecule has 2 aromatic carbocycles. The molecule has 2 N–H and O–H groups in total. The van der Waals surface area contributed by atoms with Crippen LogP contribution in [0.3, 0.4) is 0 Å². The van der Waals surface area contributed by atoms with Crippen LogP contribution >= 0.6 is 11.6 Å². The number of rotatable bonds is 8. The van der Waals surface area contributed by atoms with E-state index in [9.17, 15) is 13.2 Å². The Kier molecular flexibility index (Phi) is 7.38. The van der Waals surface area contributed by atoms with Crippen LogP contribution in [0.4, 0.5) is 0 Å². The third kappa shape index (κ3) is 5.97. The van der Waals surface area contributed by atoms with E-state index in [1.807, 2.05) is 48.9 Å². The molecule has 0 unspecified atom stereocenters. The van der Waals surface area contributed by atoms with Crippen molar-refractivity contribution in [2.75, 3.05) is 0 Å². The predicted molar refractivity (Wildman–Crippen MR) is 125 cm³/mol. The van der Waals surface area contributed by atoms with Gasteiger partial charge in [-0.15, -0.1) is 0 Å². The molecule has 0 aliphatic rings. The molecule has 0 spiro atoms. The first-order valence-corrected chi connectivity index (χ1v) is 12.1. The topological polar surface area (TPSA) is 93.1 Å². The Labute approximate surface area is 193 Å². The van der Waals surface area contributed by atoms with Crippen LogP contribution in [0.1, 0.15) is 46.7 Å². The lowest BCUT2D eigenvalue weighted by Crippen LogP contribution is -2.30. The summed E-state index contributed by atoms with van der Waals surface area (Å²) < 4.78 is 29.3. The second-order valence-electron chi connectivity index (χ2n) is 8.01. The Balaban J connectivity index is 1.72. The van der Waals surface area contributed by atoms with Gasteiger partial charge in [0, 0.05) is 18.3 Å². The van der Waals surface area contributed by atoms with E-state index < -0.39 is 15.9 Å². The molecular formula is C23H27ClN4O3S. The number of sulfonamides is 1. The number of nitrogens with one attached hydrogen (secondary N) is 2. The molecule has 32 heavy (non-hydrogen) atoms. The molecule has 0 radical (unpaired) electrons. The molecule has 0 bridgehead atoms. The van der Waals surface area contributed by atoms with Crippen molar-refractivity contribution < 1.29 is 13.2 Å². The Morgan fingerprint density at radius 2 is 1.81 bits per heavy atom. The van der Waals surface area contributed by atoms with Gasteiger partial charge in [0.2, 0.25) is 10.0 Å². The van der Waals surface area contributed by atoms with E-state index in [0.717, 1.165) is 22.5 Å². The van der Waals surface area contributed by atoms with Gasteiger partial charge in [0.1, 0.15) is 0 Å². The molecule has 3 aromatic rings. The summed E-state index contributed by atoms with van der Waals surface area (Å²) in [6, 6.07) is 13.7. The lowest BCUT2D eigenvalue weighted by Gasteiger charge is -2.12. The molecule has 3 rings (SSSR count). The van der Waals surface area contributed by atoms with Gasteiger partial charge in [-0.25, -0.2) is 13.1 Å². The van der Waals surface area contributed by atoms with Gasteiger partial charge in [0.05, 0.1) is 27.7 Å². The number of nitrogens with zero attached hydrogens (tertiary/aromatic N) is 2. The zero-order valence-corrected chi connectivity index (χ0v) is 20.1. The van der Waals surface area contributed by atoms with Crippen molar-refractivity contribution in [3.05, 3.63) is 81.6 Å². The Bertz CT molecular complexity index is 1240. The third-order valence-corrected chi connectivity index (χ3v) is 6.75. The maximum absolute atomic E-state index is 12.7. The molecule has 0 aliphatic carbocycles. The van der Waals surface area contributed by atoms with Crippen molar-refractivity contribution in [3.8, 4) is 0 Å². The molecule has 1 aromatic heterocycles. The summed E-state index contributed by atoms with van der Waals surface area (Å²) in [6.45, 7) is 8.34. The lowest BCUT2D eigenvalue weighted by atomic mass is 10.1. The van der Waals surface area contributed by atoms with Crippen LogP contribution in [0, 0.1) is 13.8 Å². The maximum atomic E-state index is 12.7. The van der Waals surface area contributed by atoms with E-state index >= 15 is 0 Å². The molecule has 0 aliphatic heterocycles. The van der Waals surface area contributed by atoms with Gasteiger partial charge in [-0.2, -0.15) is 5.10 Å². The number of aromatic nitrogens is 2. The molecule has 170 valence electrons. The SMILES string of the molecule is Cc1cc(C)n(Cc2cccc(CNC(=O)c3cc(S(=O)(=O)NC(C)C)ccc3Cl)c2)n1. The molecule has 0 atom stereocenters. The van der Waals surface area contributed by atoms with Gasteiger partial charge < -0.3 is 5.32 Å². The average molecular weight is 475 g/mol. The van der Waals surface area contributed by atoms with Crippen molar-refractivity contribution in [2.24, 2.45) is 0 Å². The van der Waals surface area contributed by atoms with Gasteiger partial charge in [-0.3, -0.25) is 9.48 Å². The minimum atomic E-state index is -3.73. The van der Waals surface area contributed by atoms with Crippen molar-refractivity contribution in [3.63, 3.8) is 0 Å². The average Bonchev–Trinajstić information content (AvgIpc) is 3.02. The number of carbonyl (C=O) groups excluding carboxylic acids is 1. The molecule has 7 nitrogen and oxygen atoms in total. The second kappa shape index (κ2) is 9.85. The molecule has 9 heteroatoms. The Morgan fingerprint density at radius 1 is 1.09 bits per heavy atom. The number of aryl methyl sites for hydroxylation is 2. The van der Waals surface area contributed by atoms with Crippen LogP contribution in [-0.2, 0) is 23.1 Å². The first-order chi connectivity index (χ1) is 15.0. The predicted octanol–water partition coefficient (Wildman–Crippen LogP) is 3.82. The second-order valence-corrected chi connectivity index (χ2v) is 10.1. The molecule has 0 saturated heterocycles. The fourth-order valence-corrected chi connectivity index (χ4v) is 4.83. The normalized spacial score (nSPS) is 11.7. The van der Waals surface area contributed by atoms with E-state index in [1.165, 1.54) is 18.2 Å².